The molecule has 1 rings (SSSR count). The molecule has 0 aromatic carbocycles. The molecule has 0 aromatic rings. The monoisotopic (exact) mass is 158 g/mol. The summed E-state index contributed by atoms with van der Waals surface area (Å²) < 4.78 is 0. The zero-order valence-corrected chi connectivity index (χ0v) is 7.33. The van der Waals surface area contributed by atoms with Crippen LogP contribution < -0.4 is 0 Å². The van der Waals surface area contributed by atoms with Gasteiger partial charge in [-0.3, -0.25) is 0 Å². The predicted octanol–water partition coefficient (Wildman–Crippen LogP) is 2.00. The Morgan fingerprint density at radius 3 is 2.50 bits per heavy atom. The molecule has 0 N–H and O–H groups in total. The Labute approximate surface area is 68.2 Å². The van der Waals surface area contributed by atoms with Gasteiger partial charge in [0.05, 0.1) is 0 Å². The third-order valence-corrected chi connectivity index (χ3v) is 2.47. The van der Waals surface area contributed by atoms with Crippen LogP contribution in [0.3, 0.4) is 0 Å². The summed E-state index contributed by atoms with van der Waals surface area (Å²) in [4.78, 5) is 2.54. The Morgan fingerprint density at radius 1 is 1.20 bits per heavy atom. The lowest BCUT2D eigenvalue weighted by Crippen LogP contribution is -2.31. The van der Waals surface area contributed by atoms with Crippen LogP contribution in [0.15, 0.2) is 0 Å². The van der Waals surface area contributed by atoms with Crippen LogP contribution in [0, 0.1) is 6.26 Å². The Bertz CT molecular complexity index is 79.3. The van der Waals surface area contributed by atoms with Gasteiger partial charge < -0.3 is 4.90 Å². The number of piperidine rings is 1. The van der Waals surface area contributed by atoms with Gasteiger partial charge in [-0.25, -0.2) is 0 Å². The van der Waals surface area contributed by atoms with Gasteiger partial charge in [0.15, 0.2) is 0 Å². The average molecular weight is 158 g/mol. The lowest BCUT2D eigenvalue weighted by Gasteiger charge is -2.25. The van der Waals surface area contributed by atoms with E-state index in [1.54, 1.807) is 11.8 Å². The third-order valence-electron chi connectivity index (χ3n) is 2.00. The molecule has 1 heterocycles. The number of nitrogens with zero attached hydrogens (tertiary/aromatic N) is 1. The van der Waals surface area contributed by atoms with Gasteiger partial charge in [0.1, 0.15) is 0 Å². The van der Waals surface area contributed by atoms with Crippen LogP contribution in [-0.2, 0) is 0 Å². The molecule has 1 radical (unpaired) electrons. The highest BCUT2D eigenvalue weighted by atomic mass is 32.2. The van der Waals surface area contributed by atoms with Crippen molar-refractivity contribution in [3.05, 3.63) is 6.26 Å². The fourth-order valence-electron chi connectivity index (χ4n) is 1.38. The van der Waals surface area contributed by atoms with Gasteiger partial charge in [-0.05, 0) is 25.9 Å². The first-order valence-electron chi connectivity index (χ1n) is 4.03. The average Bonchev–Trinajstić information content (AvgIpc) is 2.03. The lowest BCUT2D eigenvalue weighted by atomic mass is 10.1. The van der Waals surface area contributed by atoms with Gasteiger partial charge in [-0.15, -0.1) is 0 Å². The van der Waals surface area contributed by atoms with Gasteiger partial charge >= 0.3 is 0 Å². The Morgan fingerprint density at radius 2 is 1.90 bits per heavy atom. The molecular formula is C8H16NS. The van der Waals surface area contributed by atoms with Gasteiger partial charge in [0.2, 0.25) is 0 Å². The van der Waals surface area contributed by atoms with Gasteiger partial charge in [0, 0.05) is 18.6 Å². The van der Waals surface area contributed by atoms with E-state index in [4.69, 9.17) is 0 Å². The highest BCUT2D eigenvalue weighted by Crippen LogP contribution is 2.08. The summed E-state index contributed by atoms with van der Waals surface area (Å²) in [7, 11) is 0. The van der Waals surface area contributed by atoms with E-state index in [1.165, 1.54) is 44.6 Å². The van der Waals surface area contributed by atoms with Crippen LogP contribution in [0.2, 0.25) is 0 Å². The largest absolute Gasteiger partial charge is 0.303 e. The van der Waals surface area contributed by atoms with E-state index in [2.05, 4.69) is 11.2 Å². The standard InChI is InChI=1S/C8H16NS/c1-10-8-7-9-5-3-2-4-6-9/h1-8H2. The van der Waals surface area contributed by atoms with Crippen LogP contribution in [0.25, 0.3) is 0 Å². The second-order valence-electron chi connectivity index (χ2n) is 2.81. The lowest BCUT2D eigenvalue weighted by molar-refractivity contribution is 0.242. The minimum Gasteiger partial charge on any atom is -0.303 e. The molecule has 0 aromatic heterocycles. The first kappa shape index (κ1) is 8.41. The van der Waals surface area contributed by atoms with Crippen molar-refractivity contribution in [1.82, 2.24) is 4.90 Å². The van der Waals surface area contributed by atoms with Crippen LogP contribution in [0.1, 0.15) is 19.3 Å². The maximum absolute atomic E-state index is 3.76. The van der Waals surface area contributed by atoms with Crippen molar-refractivity contribution in [1.29, 1.82) is 0 Å². The highest BCUT2D eigenvalue weighted by Gasteiger charge is 2.07. The SMILES string of the molecule is [CH2]SCCN1CCCCC1. The highest BCUT2D eigenvalue weighted by molar-refractivity contribution is 8.00. The summed E-state index contributed by atoms with van der Waals surface area (Å²) in [6, 6.07) is 0. The van der Waals surface area contributed by atoms with E-state index >= 15 is 0 Å². The van der Waals surface area contributed by atoms with Crippen molar-refractivity contribution in [3.63, 3.8) is 0 Å². The molecule has 0 spiro atoms. The van der Waals surface area contributed by atoms with E-state index < -0.39 is 0 Å². The molecule has 0 bridgehead atoms. The molecule has 1 nitrogen and oxygen atoms in total. The fourth-order valence-corrected chi connectivity index (χ4v) is 1.76. The number of hydrogen-bond donors (Lipinski definition) is 0. The van der Waals surface area contributed by atoms with Crippen molar-refractivity contribution >= 4 is 11.8 Å². The van der Waals surface area contributed by atoms with E-state index in [0.717, 1.165) is 0 Å². The van der Waals surface area contributed by atoms with Crippen molar-refractivity contribution in [2.24, 2.45) is 0 Å². The quantitative estimate of drug-likeness (QED) is 0.618. The number of hydrogen-bond acceptors (Lipinski definition) is 2. The molecule has 1 saturated heterocycles. The van der Waals surface area contributed by atoms with Crippen LogP contribution in [0.5, 0.6) is 0 Å². The van der Waals surface area contributed by atoms with Crippen LogP contribution in [-0.4, -0.2) is 30.3 Å². The Balaban J connectivity index is 2.02. The summed E-state index contributed by atoms with van der Waals surface area (Å²) in [5.74, 6) is 1.19. The van der Waals surface area contributed by atoms with Gasteiger partial charge in [0.25, 0.3) is 0 Å². The van der Waals surface area contributed by atoms with E-state index in [9.17, 15) is 0 Å². The minimum atomic E-state index is 1.19. The fraction of sp³-hybridized carbons (Fsp3) is 0.875. The third kappa shape index (κ3) is 2.93. The van der Waals surface area contributed by atoms with Crippen molar-refractivity contribution in [2.75, 3.05) is 25.4 Å². The molecule has 0 atom stereocenters. The normalized spacial score (nSPS) is 21.3. The maximum atomic E-state index is 3.76. The van der Waals surface area contributed by atoms with E-state index in [0.29, 0.717) is 0 Å². The molecule has 10 heavy (non-hydrogen) atoms. The predicted molar refractivity (Wildman–Crippen MR) is 48.1 cm³/mol. The topological polar surface area (TPSA) is 3.24 Å². The first-order valence-corrected chi connectivity index (χ1v) is 5.18. The maximum Gasteiger partial charge on any atom is 0.00723 e. The Hall–Kier alpha value is 0.310. The number of thioether (sulfide) groups is 1. The summed E-state index contributed by atoms with van der Waals surface area (Å²) in [5, 5.41) is 0. The van der Waals surface area contributed by atoms with Crippen molar-refractivity contribution in [2.45, 2.75) is 19.3 Å². The summed E-state index contributed by atoms with van der Waals surface area (Å²) in [5.41, 5.74) is 0. The van der Waals surface area contributed by atoms with Crippen LogP contribution >= 0.6 is 11.8 Å². The van der Waals surface area contributed by atoms with Crippen LogP contribution in [0.4, 0.5) is 0 Å². The van der Waals surface area contributed by atoms with Gasteiger partial charge in [-0.2, -0.15) is 11.8 Å². The van der Waals surface area contributed by atoms with E-state index in [-0.39, 0.29) is 0 Å². The molecule has 0 amide bonds. The van der Waals surface area contributed by atoms with Crippen molar-refractivity contribution in [3.8, 4) is 0 Å². The molecule has 0 saturated carbocycles. The molecule has 0 unspecified atom stereocenters. The minimum absolute atomic E-state index is 1.19. The van der Waals surface area contributed by atoms with Gasteiger partial charge in [-0.1, -0.05) is 6.42 Å². The second-order valence-corrected chi connectivity index (χ2v) is 3.63. The zero-order chi connectivity index (χ0) is 7.23. The molecule has 0 aliphatic carbocycles. The number of rotatable bonds is 3. The summed E-state index contributed by atoms with van der Waals surface area (Å²) in [6.07, 6.45) is 8.01. The number of likely N-dealkylation sites (tertiary alicyclic amines) is 1. The van der Waals surface area contributed by atoms with E-state index in [1.807, 2.05) is 0 Å². The molecule has 1 aliphatic rings. The molecule has 1 aliphatic heterocycles. The summed E-state index contributed by atoms with van der Waals surface area (Å²) in [6.45, 7) is 3.88. The smallest absolute Gasteiger partial charge is 0.00723 e. The molecule has 59 valence electrons. The van der Waals surface area contributed by atoms with Crippen molar-refractivity contribution < 1.29 is 0 Å². The summed E-state index contributed by atoms with van der Waals surface area (Å²) >= 11 is 1.70. The Kier molecular flexibility index (Phi) is 4.23. The first-order chi connectivity index (χ1) is 4.93. The second kappa shape index (κ2) is 5.03. The molecule has 1 fully saturated rings. The zero-order valence-electron chi connectivity index (χ0n) is 6.51. The molecule has 2 heteroatoms. The molecular weight excluding hydrogens is 142 g/mol.